The Morgan fingerprint density at radius 3 is 2.41 bits per heavy atom. The molecule has 0 atom stereocenters. The van der Waals surface area contributed by atoms with Gasteiger partial charge in [-0.05, 0) is 69.0 Å². The van der Waals surface area contributed by atoms with E-state index >= 15 is 0 Å². The number of carbonyl (C=O) groups is 1. The van der Waals surface area contributed by atoms with Crippen molar-refractivity contribution in [3.05, 3.63) is 27.5 Å². The molecular formula is C19H30O2S. The molecule has 0 spiro atoms. The van der Waals surface area contributed by atoms with Gasteiger partial charge in [-0.1, -0.05) is 26.7 Å². The van der Waals surface area contributed by atoms with Crippen LogP contribution in [0.25, 0.3) is 6.08 Å². The molecular weight excluding hydrogens is 292 g/mol. The summed E-state index contributed by atoms with van der Waals surface area (Å²) in [5, 5.41) is 2.26. The highest BCUT2D eigenvalue weighted by Crippen LogP contribution is 2.27. The summed E-state index contributed by atoms with van der Waals surface area (Å²) in [6, 6.07) is 0. The van der Waals surface area contributed by atoms with Gasteiger partial charge >= 0.3 is 5.97 Å². The van der Waals surface area contributed by atoms with Crippen molar-refractivity contribution in [3.8, 4) is 0 Å². The van der Waals surface area contributed by atoms with Crippen molar-refractivity contribution >= 4 is 23.4 Å². The van der Waals surface area contributed by atoms with Gasteiger partial charge in [-0.25, -0.2) is 4.79 Å². The molecule has 2 nitrogen and oxygen atoms in total. The van der Waals surface area contributed by atoms with E-state index in [0.29, 0.717) is 0 Å². The Morgan fingerprint density at radius 2 is 1.82 bits per heavy atom. The number of aryl methyl sites for hydroxylation is 2. The van der Waals surface area contributed by atoms with E-state index in [1.54, 1.807) is 6.08 Å². The lowest BCUT2D eigenvalue weighted by Crippen LogP contribution is -2.22. The van der Waals surface area contributed by atoms with Crippen LogP contribution < -0.4 is 0 Å². The Labute approximate surface area is 139 Å². The SMILES string of the molecule is CCCCc1csc(CCCC)c1/C=C/C(=O)OC(C)(C)C. The molecule has 0 radical (unpaired) electrons. The topological polar surface area (TPSA) is 26.3 Å². The second-order valence-electron chi connectivity index (χ2n) is 6.67. The van der Waals surface area contributed by atoms with Gasteiger partial charge in [0.2, 0.25) is 0 Å². The van der Waals surface area contributed by atoms with Gasteiger partial charge in [-0.3, -0.25) is 0 Å². The van der Waals surface area contributed by atoms with Crippen molar-refractivity contribution in [2.45, 2.75) is 78.7 Å². The van der Waals surface area contributed by atoms with Crippen LogP contribution in [0.3, 0.4) is 0 Å². The van der Waals surface area contributed by atoms with Gasteiger partial charge in [0, 0.05) is 11.0 Å². The molecule has 22 heavy (non-hydrogen) atoms. The van der Waals surface area contributed by atoms with Gasteiger partial charge in [0.25, 0.3) is 0 Å². The predicted octanol–water partition coefficient (Wildman–Crippen LogP) is 5.79. The molecule has 0 fully saturated rings. The predicted molar refractivity (Wildman–Crippen MR) is 96.4 cm³/mol. The highest BCUT2D eigenvalue weighted by atomic mass is 32.1. The molecule has 0 aromatic carbocycles. The molecule has 0 aliphatic carbocycles. The fraction of sp³-hybridized carbons (Fsp3) is 0.632. The molecule has 0 saturated heterocycles. The zero-order valence-electron chi connectivity index (χ0n) is 14.7. The largest absolute Gasteiger partial charge is 0.457 e. The van der Waals surface area contributed by atoms with Gasteiger partial charge < -0.3 is 4.74 Å². The lowest BCUT2D eigenvalue weighted by molar-refractivity contribution is -0.148. The molecule has 0 amide bonds. The van der Waals surface area contributed by atoms with Gasteiger partial charge in [0.15, 0.2) is 0 Å². The first-order valence-electron chi connectivity index (χ1n) is 8.37. The number of carbonyl (C=O) groups excluding carboxylic acids is 1. The number of thiophene rings is 1. The van der Waals surface area contributed by atoms with Crippen LogP contribution in [0.4, 0.5) is 0 Å². The van der Waals surface area contributed by atoms with E-state index in [4.69, 9.17) is 4.74 Å². The van der Waals surface area contributed by atoms with Gasteiger partial charge in [-0.15, -0.1) is 11.3 Å². The van der Waals surface area contributed by atoms with Crippen molar-refractivity contribution in [2.24, 2.45) is 0 Å². The van der Waals surface area contributed by atoms with Crippen molar-refractivity contribution < 1.29 is 9.53 Å². The van der Waals surface area contributed by atoms with E-state index in [9.17, 15) is 4.79 Å². The Morgan fingerprint density at radius 1 is 1.18 bits per heavy atom. The van der Waals surface area contributed by atoms with Crippen molar-refractivity contribution in [1.29, 1.82) is 0 Å². The van der Waals surface area contributed by atoms with Crippen molar-refractivity contribution in [1.82, 2.24) is 0 Å². The minimum absolute atomic E-state index is 0.262. The molecule has 0 aliphatic rings. The number of hydrogen-bond acceptors (Lipinski definition) is 3. The van der Waals surface area contributed by atoms with Crippen LogP contribution in [0.1, 0.15) is 76.3 Å². The summed E-state index contributed by atoms with van der Waals surface area (Å²) in [6.07, 6.45) is 10.5. The minimum atomic E-state index is -0.438. The van der Waals surface area contributed by atoms with Gasteiger partial charge in [0.05, 0.1) is 0 Å². The average Bonchev–Trinajstić information content (AvgIpc) is 2.80. The van der Waals surface area contributed by atoms with E-state index in [1.165, 1.54) is 41.7 Å². The molecule has 1 aromatic heterocycles. The summed E-state index contributed by atoms with van der Waals surface area (Å²) in [6.45, 7) is 10.1. The van der Waals surface area contributed by atoms with E-state index in [0.717, 1.165) is 12.8 Å². The maximum Gasteiger partial charge on any atom is 0.331 e. The van der Waals surface area contributed by atoms with Crippen LogP contribution in [0, 0.1) is 0 Å². The summed E-state index contributed by atoms with van der Waals surface area (Å²) >= 11 is 1.83. The highest BCUT2D eigenvalue weighted by molar-refractivity contribution is 7.10. The molecule has 0 aliphatic heterocycles. The summed E-state index contributed by atoms with van der Waals surface area (Å²) < 4.78 is 5.36. The first-order chi connectivity index (χ1) is 10.4. The molecule has 0 N–H and O–H groups in total. The minimum Gasteiger partial charge on any atom is -0.457 e. The normalized spacial score (nSPS) is 12.0. The first-order valence-corrected chi connectivity index (χ1v) is 9.25. The van der Waals surface area contributed by atoms with E-state index in [1.807, 2.05) is 38.2 Å². The molecule has 0 bridgehead atoms. The number of hydrogen-bond donors (Lipinski definition) is 0. The Kier molecular flexibility index (Phi) is 7.88. The molecule has 0 unspecified atom stereocenters. The Hall–Kier alpha value is -1.09. The maximum absolute atomic E-state index is 11.9. The fourth-order valence-electron chi connectivity index (χ4n) is 2.23. The molecule has 0 saturated carbocycles. The summed E-state index contributed by atoms with van der Waals surface area (Å²) in [4.78, 5) is 13.3. The molecule has 1 aromatic rings. The fourth-order valence-corrected chi connectivity index (χ4v) is 3.34. The maximum atomic E-state index is 11.9. The third-order valence-electron chi connectivity index (χ3n) is 3.34. The molecule has 3 heteroatoms. The highest BCUT2D eigenvalue weighted by Gasteiger charge is 2.15. The Balaban J connectivity index is 2.88. The number of rotatable bonds is 8. The number of esters is 1. The molecule has 1 rings (SSSR count). The van der Waals surface area contributed by atoms with E-state index < -0.39 is 5.60 Å². The lowest BCUT2D eigenvalue weighted by atomic mass is 10.0. The first kappa shape index (κ1) is 19.0. The summed E-state index contributed by atoms with van der Waals surface area (Å²) in [5.41, 5.74) is 2.18. The van der Waals surface area contributed by atoms with Crippen LogP contribution in [-0.2, 0) is 22.4 Å². The quantitative estimate of drug-likeness (QED) is 0.447. The lowest BCUT2D eigenvalue weighted by Gasteiger charge is -2.17. The van der Waals surface area contributed by atoms with Crippen molar-refractivity contribution in [2.75, 3.05) is 0 Å². The second-order valence-corrected chi connectivity index (χ2v) is 7.64. The van der Waals surface area contributed by atoms with E-state index in [-0.39, 0.29) is 5.97 Å². The number of unbranched alkanes of at least 4 members (excludes halogenated alkanes) is 2. The Bertz CT molecular complexity index is 467. The van der Waals surface area contributed by atoms with Crippen molar-refractivity contribution in [3.63, 3.8) is 0 Å². The van der Waals surface area contributed by atoms with Crippen LogP contribution in [0.2, 0.25) is 0 Å². The third-order valence-corrected chi connectivity index (χ3v) is 4.45. The van der Waals surface area contributed by atoms with Gasteiger partial charge in [0.1, 0.15) is 5.60 Å². The van der Waals surface area contributed by atoms with E-state index in [2.05, 4.69) is 19.2 Å². The third kappa shape index (κ3) is 6.78. The van der Waals surface area contributed by atoms with Crippen LogP contribution >= 0.6 is 11.3 Å². The van der Waals surface area contributed by atoms with Crippen LogP contribution in [0.15, 0.2) is 11.5 Å². The zero-order chi connectivity index (χ0) is 16.6. The zero-order valence-corrected chi connectivity index (χ0v) is 15.5. The van der Waals surface area contributed by atoms with Crippen LogP contribution in [0.5, 0.6) is 0 Å². The number of ether oxygens (including phenoxy) is 1. The summed E-state index contributed by atoms with van der Waals surface area (Å²) in [5.74, 6) is -0.262. The monoisotopic (exact) mass is 322 g/mol. The standard InChI is InChI=1S/C19H30O2S/c1-6-8-10-15-14-22-17(11-9-7-2)16(15)12-13-18(20)21-19(3,4)5/h12-14H,6-11H2,1-5H3/b13-12+. The smallest absolute Gasteiger partial charge is 0.331 e. The molecule has 1 heterocycles. The van der Waals surface area contributed by atoms with Crippen LogP contribution in [-0.4, -0.2) is 11.6 Å². The van der Waals surface area contributed by atoms with Gasteiger partial charge in [-0.2, -0.15) is 0 Å². The second kappa shape index (κ2) is 9.14. The average molecular weight is 323 g/mol. The summed E-state index contributed by atoms with van der Waals surface area (Å²) in [7, 11) is 0. The molecule has 124 valence electrons.